The third kappa shape index (κ3) is 3.46. The van der Waals surface area contributed by atoms with Crippen LogP contribution in [0.1, 0.15) is 53.4 Å². The molecular formula is C15H33N3. The van der Waals surface area contributed by atoms with Gasteiger partial charge in [0.25, 0.3) is 0 Å². The molecule has 0 saturated carbocycles. The van der Waals surface area contributed by atoms with Crippen molar-refractivity contribution in [3.05, 3.63) is 0 Å². The molecule has 1 rings (SSSR count). The molecule has 18 heavy (non-hydrogen) atoms. The second-order valence-electron chi connectivity index (χ2n) is 6.39. The summed E-state index contributed by atoms with van der Waals surface area (Å²) in [6.07, 6.45) is 5.13. The molecule has 2 N–H and O–H groups in total. The van der Waals surface area contributed by atoms with Crippen molar-refractivity contribution in [3.63, 3.8) is 0 Å². The van der Waals surface area contributed by atoms with Crippen LogP contribution in [0, 0.1) is 0 Å². The van der Waals surface area contributed by atoms with Gasteiger partial charge < -0.3 is 10.6 Å². The van der Waals surface area contributed by atoms with Gasteiger partial charge in [0, 0.05) is 30.7 Å². The van der Waals surface area contributed by atoms with E-state index in [1.807, 2.05) is 0 Å². The maximum absolute atomic E-state index is 6.17. The van der Waals surface area contributed by atoms with Gasteiger partial charge in [-0.25, -0.2) is 0 Å². The van der Waals surface area contributed by atoms with E-state index < -0.39 is 0 Å². The molecule has 108 valence electrons. The Morgan fingerprint density at radius 3 is 2.44 bits per heavy atom. The monoisotopic (exact) mass is 255 g/mol. The van der Waals surface area contributed by atoms with Gasteiger partial charge in [-0.1, -0.05) is 19.8 Å². The molecule has 0 aromatic carbocycles. The number of hydrogen-bond acceptors (Lipinski definition) is 3. The molecule has 0 aromatic heterocycles. The topological polar surface area (TPSA) is 32.5 Å². The summed E-state index contributed by atoms with van der Waals surface area (Å²) in [4.78, 5) is 5.13. The zero-order valence-electron chi connectivity index (χ0n) is 13.1. The van der Waals surface area contributed by atoms with Gasteiger partial charge in [0.2, 0.25) is 0 Å². The van der Waals surface area contributed by atoms with Crippen LogP contribution >= 0.6 is 0 Å². The van der Waals surface area contributed by atoms with E-state index in [1.165, 1.54) is 32.2 Å². The Labute approximate surface area is 114 Å². The van der Waals surface area contributed by atoms with E-state index in [0.717, 1.165) is 13.1 Å². The Balaban J connectivity index is 2.75. The fourth-order valence-corrected chi connectivity index (χ4v) is 3.44. The van der Waals surface area contributed by atoms with E-state index in [0.29, 0.717) is 12.1 Å². The Bertz CT molecular complexity index is 230. The van der Waals surface area contributed by atoms with Gasteiger partial charge in [-0.3, -0.25) is 4.90 Å². The first-order chi connectivity index (χ1) is 8.46. The molecule has 1 saturated heterocycles. The molecular weight excluding hydrogens is 222 g/mol. The maximum atomic E-state index is 6.17. The Hall–Kier alpha value is -0.120. The summed E-state index contributed by atoms with van der Waals surface area (Å²) in [7, 11) is 2.23. The van der Waals surface area contributed by atoms with Crippen molar-refractivity contribution in [2.45, 2.75) is 71.0 Å². The summed E-state index contributed by atoms with van der Waals surface area (Å²) < 4.78 is 0. The zero-order chi connectivity index (χ0) is 13.8. The second-order valence-corrected chi connectivity index (χ2v) is 6.39. The van der Waals surface area contributed by atoms with Crippen LogP contribution in [0.2, 0.25) is 0 Å². The van der Waals surface area contributed by atoms with Gasteiger partial charge in [-0.2, -0.15) is 0 Å². The number of unbranched alkanes of at least 4 members (excludes halogenated alkanes) is 2. The number of rotatable bonds is 7. The molecule has 1 aliphatic rings. The molecule has 0 spiro atoms. The number of nitrogens with zero attached hydrogens (tertiary/aromatic N) is 2. The largest absolute Gasteiger partial charge is 0.329 e. The van der Waals surface area contributed by atoms with Crippen LogP contribution in [0.3, 0.4) is 0 Å². The van der Waals surface area contributed by atoms with Gasteiger partial charge in [-0.05, 0) is 47.2 Å². The molecule has 2 atom stereocenters. The highest BCUT2D eigenvalue weighted by molar-refractivity contribution is 5.03. The number of nitrogens with two attached hydrogens (primary N) is 1. The Morgan fingerprint density at radius 1 is 1.39 bits per heavy atom. The maximum Gasteiger partial charge on any atom is 0.0475 e. The van der Waals surface area contributed by atoms with Crippen molar-refractivity contribution in [3.8, 4) is 0 Å². The first-order valence-electron chi connectivity index (χ1n) is 7.64. The fourth-order valence-electron chi connectivity index (χ4n) is 3.44. The Morgan fingerprint density at radius 2 is 2.06 bits per heavy atom. The first-order valence-corrected chi connectivity index (χ1v) is 7.64. The molecule has 1 fully saturated rings. The third-order valence-electron chi connectivity index (χ3n) is 4.59. The van der Waals surface area contributed by atoms with Crippen LogP contribution in [0.5, 0.6) is 0 Å². The summed E-state index contributed by atoms with van der Waals surface area (Å²) in [5, 5.41) is 0. The normalized spacial score (nSPS) is 29.7. The van der Waals surface area contributed by atoms with Gasteiger partial charge in [0.15, 0.2) is 0 Å². The molecule has 0 aliphatic carbocycles. The lowest BCUT2D eigenvalue weighted by Gasteiger charge is -2.43. The van der Waals surface area contributed by atoms with Gasteiger partial charge in [-0.15, -0.1) is 0 Å². The molecule has 3 heteroatoms. The van der Waals surface area contributed by atoms with Gasteiger partial charge in [0.1, 0.15) is 0 Å². The van der Waals surface area contributed by atoms with Crippen LogP contribution in [-0.4, -0.2) is 54.1 Å². The van der Waals surface area contributed by atoms with E-state index in [4.69, 9.17) is 5.73 Å². The number of likely N-dealkylation sites (N-methyl/N-ethyl adjacent to an activating group) is 1. The highest BCUT2D eigenvalue weighted by atomic mass is 15.3. The first kappa shape index (κ1) is 15.9. The van der Waals surface area contributed by atoms with Crippen molar-refractivity contribution in [2.24, 2.45) is 5.73 Å². The summed E-state index contributed by atoms with van der Waals surface area (Å²) >= 11 is 0. The summed E-state index contributed by atoms with van der Waals surface area (Å²) in [6.45, 7) is 12.3. The second kappa shape index (κ2) is 6.88. The van der Waals surface area contributed by atoms with Crippen molar-refractivity contribution in [1.29, 1.82) is 0 Å². The highest BCUT2D eigenvalue weighted by Crippen LogP contribution is 2.32. The minimum absolute atomic E-state index is 0.204. The predicted molar refractivity (Wildman–Crippen MR) is 79.9 cm³/mol. The molecule has 3 nitrogen and oxygen atoms in total. The van der Waals surface area contributed by atoms with Gasteiger partial charge in [0.05, 0.1) is 0 Å². The number of hydrogen-bond donors (Lipinski definition) is 1. The van der Waals surface area contributed by atoms with Crippen molar-refractivity contribution in [1.82, 2.24) is 9.80 Å². The van der Waals surface area contributed by atoms with Crippen molar-refractivity contribution < 1.29 is 0 Å². The lowest BCUT2D eigenvalue weighted by Crippen LogP contribution is -2.58. The molecule has 1 heterocycles. The molecule has 1 aliphatic heterocycles. The SMILES string of the molecule is CCCCCN(C(C)C)C1(CN)CC(C)N(C)C1. The smallest absolute Gasteiger partial charge is 0.0475 e. The standard InChI is InChI=1S/C15H33N3/c1-6-7-8-9-18(13(2)3)15(11-16)10-14(4)17(5)12-15/h13-14H,6-12,16H2,1-5H3. The van der Waals surface area contributed by atoms with Gasteiger partial charge >= 0.3 is 0 Å². The van der Waals surface area contributed by atoms with E-state index in [2.05, 4.69) is 44.5 Å². The van der Waals surface area contributed by atoms with Crippen LogP contribution in [-0.2, 0) is 0 Å². The average molecular weight is 255 g/mol. The average Bonchev–Trinajstić information content (AvgIpc) is 2.61. The van der Waals surface area contributed by atoms with Crippen molar-refractivity contribution in [2.75, 3.05) is 26.7 Å². The fraction of sp³-hybridized carbons (Fsp3) is 1.00. The predicted octanol–water partition coefficient (Wildman–Crippen LogP) is 2.31. The molecule has 0 amide bonds. The number of likely N-dealkylation sites (tertiary alicyclic amines) is 1. The van der Waals surface area contributed by atoms with E-state index in [9.17, 15) is 0 Å². The van der Waals surface area contributed by atoms with Crippen molar-refractivity contribution >= 4 is 0 Å². The molecule has 2 unspecified atom stereocenters. The van der Waals surface area contributed by atoms with Crippen LogP contribution in [0.25, 0.3) is 0 Å². The highest BCUT2D eigenvalue weighted by Gasteiger charge is 2.44. The summed E-state index contributed by atoms with van der Waals surface area (Å²) in [5.41, 5.74) is 6.37. The van der Waals surface area contributed by atoms with E-state index in [1.54, 1.807) is 0 Å². The van der Waals surface area contributed by atoms with E-state index >= 15 is 0 Å². The Kier molecular flexibility index (Phi) is 6.09. The lowest BCUT2D eigenvalue weighted by atomic mass is 9.92. The van der Waals surface area contributed by atoms with Crippen LogP contribution in [0.4, 0.5) is 0 Å². The lowest BCUT2D eigenvalue weighted by molar-refractivity contribution is 0.0668. The minimum atomic E-state index is 0.204. The van der Waals surface area contributed by atoms with Crippen LogP contribution in [0.15, 0.2) is 0 Å². The summed E-state index contributed by atoms with van der Waals surface area (Å²) in [6, 6.07) is 1.24. The van der Waals surface area contributed by atoms with E-state index in [-0.39, 0.29) is 5.54 Å². The summed E-state index contributed by atoms with van der Waals surface area (Å²) in [5.74, 6) is 0. The quantitative estimate of drug-likeness (QED) is 0.709. The molecule has 0 bridgehead atoms. The third-order valence-corrected chi connectivity index (χ3v) is 4.59. The molecule has 0 aromatic rings. The minimum Gasteiger partial charge on any atom is -0.329 e. The molecule has 0 radical (unpaired) electrons. The zero-order valence-corrected chi connectivity index (χ0v) is 13.1. The van der Waals surface area contributed by atoms with Crippen LogP contribution < -0.4 is 5.73 Å².